The van der Waals surface area contributed by atoms with Gasteiger partial charge in [0.05, 0.1) is 0 Å². The van der Waals surface area contributed by atoms with E-state index in [0.29, 0.717) is 6.61 Å². The molecule has 0 bridgehead atoms. The maximum absolute atomic E-state index is 12.4. The van der Waals surface area contributed by atoms with Crippen molar-refractivity contribution in [3.63, 3.8) is 0 Å². The van der Waals surface area contributed by atoms with Crippen LogP contribution in [0.3, 0.4) is 0 Å². The second-order valence-corrected chi connectivity index (χ2v) is 5.02. The second-order valence-electron chi connectivity index (χ2n) is 5.02. The van der Waals surface area contributed by atoms with Gasteiger partial charge in [-0.25, -0.2) is 0 Å². The maximum atomic E-state index is 12.4. The van der Waals surface area contributed by atoms with Crippen LogP contribution in [0.25, 0.3) is 0 Å². The van der Waals surface area contributed by atoms with Crippen LogP contribution in [0.15, 0.2) is 12.1 Å². The van der Waals surface area contributed by atoms with Crippen LogP contribution >= 0.6 is 0 Å². The van der Waals surface area contributed by atoms with Crippen molar-refractivity contribution >= 4 is 5.78 Å². The zero-order chi connectivity index (χ0) is 13.2. The summed E-state index contributed by atoms with van der Waals surface area (Å²) in [5, 5.41) is 0. The maximum Gasteiger partial charge on any atom is 0.194 e. The Morgan fingerprint density at radius 3 is 2.18 bits per heavy atom. The van der Waals surface area contributed by atoms with Crippen LogP contribution in [0.2, 0.25) is 0 Å². The monoisotopic (exact) mass is 234 g/mol. The molecule has 0 radical (unpaired) electrons. The van der Waals surface area contributed by atoms with E-state index in [0.717, 1.165) is 16.7 Å². The minimum Gasteiger partial charge on any atom is -0.368 e. The van der Waals surface area contributed by atoms with Gasteiger partial charge in [-0.1, -0.05) is 6.07 Å². The van der Waals surface area contributed by atoms with E-state index in [-0.39, 0.29) is 5.78 Å². The van der Waals surface area contributed by atoms with Crippen molar-refractivity contribution < 1.29 is 9.53 Å². The first-order valence-corrected chi connectivity index (χ1v) is 6.06. The number of ketones is 1. The van der Waals surface area contributed by atoms with Crippen molar-refractivity contribution in [2.24, 2.45) is 0 Å². The molecule has 0 heterocycles. The molecule has 1 aromatic rings. The molecule has 0 saturated carbocycles. The lowest BCUT2D eigenvalue weighted by atomic mass is 9.90. The summed E-state index contributed by atoms with van der Waals surface area (Å²) >= 11 is 0. The van der Waals surface area contributed by atoms with E-state index in [2.05, 4.69) is 13.0 Å². The van der Waals surface area contributed by atoms with Gasteiger partial charge in [-0.05, 0) is 64.3 Å². The van der Waals surface area contributed by atoms with Gasteiger partial charge in [0.2, 0.25) is 0 Å². The highest BCUT2D eigenvalue weighted by Crippen LogP contribution is 2.22. The van der Waals surface area contributed by atoms with Crippen molar-refractivity contribution in [3.8, 4) is 0 Å². The van der Waals surface area contributed by atoms with Gasteiger partial charge < -0.3 is 4.74 Å². The molecule has 17 heavy (non-hydrogen) atoms. The van der Waals surface area contributed by atoms with Crippen molar-refractivity contribution in [3.05, 3.63) is 34.4 Å². The summed E-state index contributed by atoms with van der Waals surface area (Å²) in [6.45, 7) is 12.2. The van der Waals surface area contributed by atoms with Crippen molar-refractivity contribution in [1.29, 1.82) is 0 Å². The van der Waals surface area contributed by atoms with E-state index in [1.54, 1.807) is 0 Å². The average Bonchev–Trinajstić information content (AvgIpc) is 2.22. The Morgan fingerprint density at radius 1 is 1.12 bits per heavy atom. The smallest absolute Gasteiger partial charge is 0.194 e. The van der Waals surface area contributed by atoms with Gasteiger partial charge in [-0.3, -0.25) is 4.79 Å². The van der Waals surface area contributed by atoms with Crippen LogP contribution in [0, 0.1) is 20.8 Å². The van der Waals surface area contributed by atoms with Gasteiger partial charge in [0.15, 0.2) is 5.78 Å². The summed E-state index contributed by atoms with van der Waals surface area (Å²) in [4.78, 5) is 12.4. The average molecular weight is 234 g/mol. The summed E-state index contributed by atoms with van der Waals surface area (Å²) in [5.74, 6) is 0.0555. The Labute approximate surface area is 104 Å². The van der Waals surface area contributed by atoms with E-state index < -0.39 is 5.60 Å². The third kappa shape index (κ3) is 2.95. The van der Waals surface area contributed by atoms with Gasteiger partial charge in [0.1, 0.15) is 5.60 Å². The summed E-state index contributed by atoms with van der Waals surface area (Å²) < 4.78 is 5.52. The third-order valence-electron chi connectivity index (χ3n) is 3.14. The number of ether oxygens (including phenoxy) is 1. The number of aryl methyl sites for hydroxylation is 3. The minimum atomic E-state index is -0.749. The molecule has 0 saturated heterocycles. The summed E-state index contributed by atoms with van der Waals surface area (Å²) in [6, 6.07) is 4.03. The van der Waals surface area contributed by atoms with Crippen LogP contribution < -0.4 is 0 Å². The first-order valence-electron chi connectivity index (χ1n) is 6.06. The number of Topliss-reactive ketones (excluding diaryl/α,β-unsaturated/α-hetero) is 1. The first-order chi connectivity index (χ1) is 7.79. The molecule has 2 nitrogen and oxygen atoms in total. The van der Waals surface area contributed by atoms with E-state index in [9.17, 15) is 4.79 Å². The highest BCUT2D eigenvalue weighted by Gasteiger charge is 2.30. The Bertz CT molecular complexity index is 431. The van der Waals surface area contributed by atoms with Crippen LogP contribution in [-0.4, -0.2) is 18.0 Å². The number of carbonyl (C=O) groups excluding carboxylic acids is 1. The Morgan fingerprint density at radius 2 is 1.65 bits per heavy atom. The molecular weight excluding hydrogens is 212 g/mol. The van der Waals surface area contributed by atoms with Crippen LogP contribution in [0.1, 0.15) is 47.8 Å². The molecule has 0 aliphatic heterocycles. The zero-order valence-electron chi connectivity index (χ0n) is 11.7. The fraction of sp³-hybridized carbons (Fsp3) is 0.533. The summed E-state index contributed by atoms with van der Waals surface area (Å²) in [7, 11) is 0. The number of hydrogen-bond acceptors (Lipinski definition) is 2. The molecule has 0 fully saturated rings. The molecule has 0 aromatic heterocycles. The van der Waals surface area contributed by atoms with Gasteiger partial charge in [-0.2, -0.15) is 0 Å². The molecule has 0 aliphatic rings. The molecule has 0 N–H and O–H groups in total. The Kier molecular flexibility index (Phi) is 4.10. The predicted octanol–water partition coefficient (Wildman–Crippen LogP) is 3.61. The number of rotatable bonds is 4. The van der Waals surface area contributed by atoms with Crippen molar-refractivity contribution in [2.45, 2.75) is 47.1 Å². The molecule has 0 unspecified atom stereocenters. The number of hydrogen-bond donors (Lipinski definition) is 0. The normalized spacial score (nSPS) is 11.6. The van der Waals surface area contributed by atoms with Crippen LogP contribution in [0.4, 0.5) is 0 Å². The SMILES string of the molecule is CCOC(C)(C)C(=O)c1cc(C)c(C)cc1C. The molecule has 94 valence electrons. The first kappa shape index (κ1) is 13.9. The van der Waals surface area contributed by atoms with Gasteiger partial charge in [-0.15, -0.1) is 0 Å². The van der Waals surface area contributed by atoms with E-state index in [1.165, 1.54) is 5.56 Å². The molecule has 1 rings (SSSR count). The topological polar surface area (TPSA) is 26.3 Å². The molecule has 0 atom stereocenters. The van der Waals surface area contributed by atoms with Crippen LogP contribution in [0.5, 0.6) is 0 Å². The summed E-state index contributed by atoms with van der Waals surface area (Å²) in [6.07, 6.45) is 0. The molecular formula is C15H22O2. The number of benzene rings is 1. The Hall–Kier alpha value is -1.15. The van der Waals surface area contributed by atoms with Gasteiger partial charge >= 0.3 is 0 Å². The van der Waals surface area contributed by atoms with Gasteiger partial charge in [0, 0.05) is 12.2 Å². The largest absolute Gasteiger partial charge is 0.368 e. The lowest BCUT2D eigenvalue weighted by Crippen LogP contribution is -2.35. The highest BCUT2D eigenvalue weighted by atomic mass is 16.5. The fourth-order valence-corrected chi connectivity index (χ4v) is 1.96. The molecule has 2 heteroatoms. The lowest BCUT2D eigenvalue weighted by molar-refractivity contribution is 0.00120. The fourth-order valence-electron chi connectivity index (χ4n) is 1.96. The van der Waals surface area contributed by atoms with E-state index >= 15 is 0 Å². The quantitative estimate of drug-likeness (QED) is 0.744. The number of carbonyl (C=O) groups is 1. The van der Waals surface area contributed by atoms with E-state index in [4.69, 9.17) is 4.74 Å². The Balaban J connectivity index is 3.17. The van der Waals surface area contributed by atoms with Crippen LogP contribution in [-0.2, 0) is 4.74 Å². The van der Waals surface area contributed by atoms with Crippen molar-refractivity contribution in [1.82, 2.24) is 0 Å². The summed E-state index contributed by atoms with van der Waals surface area (Å²) in [5.41, 5.74) is 3.40. The third-order valence-corrected chi connectivity index (χ3v) is 3.14. The molecule has 0 aliphatic carbocycles. The van der Waals surface area contributed by atoms with Crippen molar-refractivity contribution in [2.75, 3.05) is 6.61 Å². The highest BCUT2D eigenvalue weighted by molar-refractivity contribution is 6.03. The second kappa shape index (κ2) is 5.01. The van der Waals surface area contributed by atoms with Gasteiger partial charge in [0.25, 0.3) is 0 Å². The lowest BCUT2D eigenvalue weighted by Gasteiger charge is -2.24. The standard InChI is InChI=1S/C15H22O2/c1-7-17-15(5,6)14(16)13-9-11(3)10(2)8-12(13)4/h8-9H,7H2,1-6H3. The van der Waals surface area contributed by atoms with E-state index in [1.807, 2.05) is 40.7 Å². The molecule has 1 aromatic carbocycles. The minimum absolute atomic E-state index is 0.0555. The zero-order valence-corrected chi connectivity index (χ0v) is 11.7. The molecule has 0 spiro atoms. The predicted molar refractivity (Wildman–Crippen MR) is 70.7 cm³/mol. The molecule has 0 amide bonds.